The minimum atomic E-state index is 0. The van der Waals surface area contributed by atoms with Gasteiger partial charge in [-0.1, -0.05) is 65.8 Å². The number of hydrogen-bond acceptors (Lipinski definition) is 0. The van der Waals surface area contributed by atoms with E-state index in [0.717, 1.165) is 0 Å². The number of benzene rings is 1. The van der Waals surface area contributed by atoms with Crippen LogP contribution < -0.4 is 0 Å². The van der Waals surface area contributed by atoms with Crippen LogP contribution in [0.3, 0.4) is 0 Å². The average Bonchev–Trinajstić information content (AvgIpc) is 2.01. The topological polar surface area (TPSA) is 0 Å². The number of rotatable bonds is 0. The molecule has 0 aromatic heterocycles. The van der Waals surface area contributed by atoms with Crippen molar-refractivity contribution in [3.63, 3.8) is 0 Å². The first-order valence-electron chi connectivity index (χ1n) is 5.32. The molecule has 0 N–H and O–H groups in total. The fourth-order valence-corrected chi connectivity index (χ4v) is 1.47. The Morgan fingerprint density at radius 2 is 0.800 bits per heavy atom. The maximum absolute atomic E-state index is 2.25. The van der Waals surface area contributed by atoms with Gasteiger partial charge in [-0.2, -0.15) is 0 Å². The standard InChI is InChI=1S/C14H22.Bi/c1-13(2,3)11-7-9-12(10-8-11)14(4,5)6;/h7-10H,1-6H3;. The van der Waals surface area contributed by atoms with Gasteiger partial charge in [-0.3, -0.25) is 0 Å². The van der Waals surface area contributed by atoms with Gasteiger partial charge in [0, 0.05) is 26.2 Å². The maximum atomic E-state index is 2.25. The van der Waals surface area contributed by atoms with E-state index in [1.54, 1.807) is 0 Å². The summed E-state index contributed by atoms with van der Waals surface area (Å²) in [5.74, 6) is 0. The molecular weight excluding hydrogens is 377 g/mol. The molecular formula is C14H22Bi. The predicted molar refractivity (Wildman–Crippen MR) is 69.6 cm³/mol. The van der Waals surface area contributed by atoms with E-state index >= 15 is 0 Å². The van der Waals surface area contributed by atoms with Crippen molar-refractivity contribution < 1.29 is 0 Å². The third-order valence-electron chi connectivity index (χ3n) is 2.62. The first-order chi connectivity index (χ1) is 6.21. The molecule has 1 aromatic rings. The van der Waals surface area contributed by atoms with E-state index in [1.165, 1.54) is 11.1 Å². The molecule has 1 aromatic carbocycles. The second-order valence-electron chi connectivity index (χ2n) is 6.08. The zero-order valence-corrected chi connectivity index (χ0v) is 14.2. The number of hydrogen-bond donors (Lipinski definition) is 0. The van der Waals surface area contributed by atoms with Crippen molar-refractivity contribution in [3.05, 3.63) is 35.4 Å². The smallest absolute Gasteiger partial charge is 0 e. The van der Waals surface area contributed by atoms with Gasteiger partial charge < -0.3 is 0 Å². The van der Waals surface area contributed by atoms with Crippen molar-refractivity contribution in [1.29, 1.82) is 0 Å². The van der Waals surface area contributed by atoms with E-state index in [9.17, 15) is 0 Å². The van der Waals surface area contributed by atoms with Crippen molar-refractivity contribution in [3.8, 4) is 0 Å². The first-order valence-corrected chi connectivity index (χ1v) is 5.32. The molecule has 0 saturated carbocycles. The Labute approximate surface area is 114 Å². The molecule has 1 heteroatoms. The third kappa shape index (κ3) is 4.23. The summed E-state index contributed by atoms with van der Waals surface area (Å²) in [6.45, 7) is 13.5. The molecule has 0 aliphatic rings. The van der Waals surface area contributed by atoms with Crippen LogP contribution in [0.15, 0.2) is 24.3 Å². The zero-order chi connectivity index (χ0) is 11.0. The fourth-order valence-electron chi connectivity index (χ4n) is 1.47. The van der Waals surface area contributed by atoms with Crippen LogP contribution in [0.5, 0.6) is 0 Å². The van der Waals surface area contributed by atoms with Gasteiger partial charge in [0.15, 0.2) is 0 Å². The predicted octanol–water partition coefficient (Wildman–Crippen LogP) is 3.90. The molecule has 15 heavy (non-hydrogen) atoms. The fraction of sp³-hybridized carbons (Fsp3) is 0.571. The third-order valence-corrected chi connectivity index (χ3v) is 2.62. The molecule has 0 unspecified atom stereocenters. The molecule has 0 atom stereocenters. The van der Waals surface area contributed by atoms with Gasteiger partial charge in [-0.25, -0.2) is 0 Å². The van der Waals surface area contributed by atoms with Gasteiger partial charge >= 0.3 is 0 Å². The molecule has 0 bridgehead atoms. The zero-order valence-electron chi connectivity index (χ0n) is 10.8. The molecule has 83 valence electrons. The van der Waals surface area contributed by atoms with Crippen LogP contribution in [0.2, 0.25) is 0 Å². The van der Waals surface area contributed by atoms with Gasteiger partial charge in [0.2, 0.25) is 0 Å². The molecule has 0 aliphatic heterocycles. The van der Waals surface area contributed by atoms with Crippen LogP contribution >= 0.6 is 0 Å². The van der Waals surface area contributed by atoms with Crippen molar-refractivity contribution in [2.24, 2.45) is 0 Å². The molecule has 3 radical (unpaired) electrons. The van der Waals surface area contributed by atoms with E-state index in [-0.39, 0.29) is 37.0 Å². The molecule has 0 heterocycles. The Balaban J connectivity index is 0.00000196. The summed E-state index contributed by atoms with van der Waals surface area (Å²) >= 11 is 0. The van der Waals surface area contributed by atoms with Crippen LogP contribution in [0.1, 0.15) is 52.7 Å². The first kappa shape index (κ1) is 15.1. The van der Waals surface area contributed by atoms with Crippen molar-refractivity contribution in [2.45, 2.75) is 52.4 Å². The summed E-state index contributed by atoms with van der Waals surface area (Å²) in [6, 6.07) is 9.00. The van der Waals surface area contributed by atoms with Crippen LogP contribution in [-0.2, 0) is 10.8 Å². The van der Waals surface area contributed by atoms with Crippen molar-refractivity contribution in [2.75, 3.05) is 0 Å². The summed E-state index contributed by atoms with van der Waals surface area (Å²) in [5.41, 5.74) is 3.34. The summed E-state index contributed by atoms with van der Waals surface area (Å²) in [5, 5.41) is 0. The molecule has 0 amide bonds. The normalized spacial score (nSPS) is 12.1. The van der Waals surface area contributed by atoms with Crippen molar-refractivity contribution in [1.82, 2.24) is 0 Å². The summed E-state index contributed by atoms with van der Waals surface area (Å²) in [7, 11) is 0. The second kappa shape index (κ2) is 4.96. The largest absolute Gasteiger partial charge is 0.0582 e. The summed E-state index contributed by atoms with van der Waals surface area (Å²) < 4.78 is 0. The van der Waals surface area contributed by atoms with Gasteiger partial charge in [-0.15, -0.1) is 0 Å². The molecule has 0 nitrogen and oxygen atoms in total. The van der Waals surface area contributed by atoms with Gasteiger partial charge in [0.1, 0.15) is 0 Å². The Morgan fingerprint density at radius 3 is 0.933 bits per heavy atom. The Hall–Kier alpha value is 0.103. The summed E-state index contributed by atoms with van der Waals surface area (Å²) in [4.78, 5) is 0. The van der Waals surface area contributed by atoms with E-state index < -0.39 is 0 Å². The monoisotopic (exact) mass is 399 g/mol. The van der Waals surface area contributed by atoms with E-state index in [4.69, 9.17) is 0 Å². The van der Waals surface area contributed by atoms with E-state index in [0.29, 0.717) is 0 Å². The SMILES string of the molecule is CC(C)(C)c1ccc(C(C)(C)C)cc1.[Bi]. The van der Waals surface area contributed by atoms with Crippen LogP contribution in [0.25, 0.3) is 0 Å². The Morgan fingerprint density at radius 1 is 0.600 bits per heavy atom. The quantitative estimate of drug-likeness (QED) is 0.581. The van der Waals surface area contributed by atoms with Gasteiger partial charge in [-0.05, 0) is 22.0 Å². The van der Waals surface area contributed by atoms with E-state index in [2.05, 4.69) is 65.8 Å². The van der Waals surface area contributed by atoms with Gasteiger partial charge in [0.05, 0.1) is 0 Å². The van der Waals surface area contributed by atoms with Gasteiger partial charge in [0.25, 0.3) is 0 Å². The summed E-state index contributed by atoms with van der Waals surface area (Å²) in [6.07, 6.45) is 0. The molecule has 1 rings (SSSR count). The van der Waals surface area contributed by atoms with Crippen LogP contribution in [0.4, 0.5) is 0 Å². The maximum Gasteiger partial charge on any atom is 0 e. The molecule has 0 aliphatic carbocycles. The molecule has 0 fully saturated rings. The Bertz CT molecular complexity index is 263. The second-order valence-corrected chi connectivity index (χ2v) is 6.08. The average molecular weight is 399 g/mol. The molecule has 0 saturated heterocycles. The van der Waals surface area contributed by atoms with Crippen LogP contribution in [0, 0.1) is 0 Å². The van der Waals surface area contributed by atoms with Crippen LogP contribution in [-0.4, -0.2) is 26.2 Å². The van der Waals surface area contributed by atoms with Crippen molar-refractivity contribution >= 4 is 26.2 Å². The minimum absolute atomic E-state index is 0. The molecule has 0 spiro atoms. The Kier molecular flexibility index (Phi) is 4.99. The minimum Gasteiger partial charge on any atom is -0.0582 e. The van der Waals surface area contributed by atoms with E-state index in [1.807, 2.05) is 0 Å².